The molecule has 0 aliphatic heterocycles. The monoisotopic (exact) mass is 402 g/mol. The Balaban J connectivity index is 2.28. The van der Waals surface area contributed by atoms with Crippen LogP contribution in [0.1, 0.15) is 39.2 Å². The molecule has 158 valence electrons. The molecule has 0 saturated carbocycles. The summed E-state index contributed by atoms with van der Waals surface area (Å²) in [6.07, 6.45) is 2.42. The van der Waals surface area contributed by atoms with Crippen LogP contribution in [0.15, 0.2) is 30.5 Å². The first-order chi connectivity index (χ1) is 13.7. The lowest BCUT2D eigenvalue weighted by atomic mass is 9.88. The highest BCUT2D eigenvalue weighted by Crippen LogP contribution is 2.24. The van der Waals surface area contributed by atoms with Gasteiger partial charge in [0.05, 0.1) is 0 Å². The zero-order valence-corrected chi connectivity index (χ0v) is 17.3. The number of nitrogens with one attached hydrogen (secondary N) is 4. The van der Waals surface area contributed by atoms with Gasteiger partial charge in [0.1, 0.15) is 5.54 Å². The van der Waals surface area contributed by atoms with Crippen LogP contribution in [0.25, 0.3) is 10.9 Å². The van der Waals surface area contributed by atoms with Gasteiger partial charge < -0.3 is 15.6 Å². The fraction of sp³-hybridized carbons (Fsp3) is 0.476. The Hall–Kier alpha value is -2.87. The molecule has 3 amide bonds. The lowest BCUT2D eigenvalue weighted by Gasteiger charge is -2.31. The molecule has 2 atom stereocenters. The fourth-order valence-electron chi connectivity index (χ4n) is 3.61. The zero-order chi connectivity index (χ0) is 21.6. The number of amides is 3. The normalized spacial score (nSPS) is 14.3. The van der Waals surface area contributed by atoms with E-state index in [1.54, 1.807) is 12.4 Å². The molecule has 0 saturated heterocycles. The van der Waals surface area contributed by atoms with Crippen LogP contribution >= 0.6 is 0 Å². The first-order valence-electron chi connectivity index (χ1n) is 9.72. The molecule has 2 aromatic rings. The summed E-state index contributed by atoms with van der Waals surface area (Å²) in [5.41, 5.74) is 2.22. The maximum Gasteiger partial charge on any atom is 0.245 e. The number of benzene rings is 1. The smallest absolute Gasteiger partial charge is 0.245 e. The van der Waals surface area contributed by atoms with Crippen LogP contribution in [-0.4, -0.2) is 40.5 Å². The van der Waals surface area contributed by atoms with E-state index in [2.05, 4.69) is 15.6 Å². The van der Waals surface area contributed by atoms with Crippen molar-refractivity contribution in [1.29, 1.82) is 0 Å². The van der Waals surface area contributed by atoms with E-state index in [1.165, 1.54) is 7.05 Å². The number of hydroxylamine groups is 1. The molecule has 5 N–H and O–H groups in total. The molecule has 1 aromatic carbocycles. The minimum Gasteiger partial charge on any atom is -0.361 e. The minimum atomic E-state index is -1.21. The van der Waals surface area contributed by atoms with Gasteiger partial charge in [-0.15, -0.1) is 0 Å². The summed E-state index contributed by atoms with van der Waals surface area (Å²) in [6, 6.07) is 7.74. The van der Waals surface area contributed by atoms with Crippen molar-refractivity contribution in [3.8, 4) is 0 Å². The lowest BCUT2D eigenvalue weighted by molar-refractivity contribution is -0.138. The summed E-state index contributed by atoms with van der Waals surface area (Å²) >= 11 is 0. The van der Waals surface area contributed by atoms with E-state index in [-0.39, 0.29) is 24.7 Å². The number of H-pyrrole nitrogens is 1. The summed E-state index contributed by atoms with van der Waals surface area (Å²) in [7, 11) is 1.52. The predicted octanol–water partition coefficient (Wildman–Crippen LogP) is 1.89. The van der Waals surface area contributed by atoms with Gasteiger partial charge in [-0.25, -0.2) is 5.48 Å². The van der Waals surface area contributed by atoms with E-state index >= 15 is 0 Å². The third kappa shape index (κ3) is 5.57. The molecule has 0 aliphatic carbocycles. The second kappa shape index (κ2) is 9.56. The van der Waals surface area contributed by atoms with Gasteiger partial charge >= 0.3 is 0 Å². The summed E-state index contributed by atoms with van der Waals surface area (Å²) in [4.78, 5) is 40.5. The molecular weight excluding hydrogens is 372 g/mol. The van der Waals surface area contributed by atoms with E-state index in [4.69, 9.17) is 5.21 Å². The second-order valence-electron chi connectivity index (χ2n) is 8.00. The highest BCUT2D eigenvalue weighted by atomic mass is 16.5. The first kappa shape index (κ1) is 22.4. The maximum absolute atomic E-state index is 13.0. The molecule has 1 heterocycles. The van der Waals surface area contributed by atoms with Gasteiger partial charge in [0.2, 0.25) is 17.7 Å². The fourth-order valence-corrected chi connectivity index (χ4v) is 3.61. The van der Waals surface area contributed by atoms with Crippen LogP contribution < -0.4 is 16.1 Å². The molecular formula is C21H30N4O4. The van der Waals surface area contributed by atoms with E-state index < -0.39 is 23.3 Å². The average molecular weight is 402 g/mol. The highest BCUT2D eigenvalue weighted by molar-refractivity contribution is 5.94. The van der Waals surface area contributed by atoms with Crippen molar-refractivity contribution in [2.45, 2.75) is 45.6 Å². The number of carbonyl (C=O) groups excluding carboxylic acids is 3. The Morgan fingerprint density at radius 2 is 1.90 bits per heavy atom. The van der Waals surface area contributed by atoms with E-state index in [1.807, 2.05) is 44.3 Å². The maximum atomic E-state index is 13.0. The number of aromatic amines is 1. The number of hydrogen-bond acceptors (Lipinski definition) is 4. The van der Waals surface area contributed by atoms with Gasteiger partial charge in [-0.2, -0.15) is 0 Å². The van der Waals surface area contributed by atoms with Crippen LogP contribution in [-0.2, 0) is 20.8 Å². The van der Waals surface area contributed by atoms with Crippen molar-refractivity contribution < 1.29 is 19.6 Å². The third-order valence-corrected chi connectivity index (χ3v) is 5.03. The van der Waals surface area contributed by atoms with Crippen molar-refractivity contribution in [1.82, 2.24) is 21.1 Å². The number of carbonyl (C=O) groups is 3. The molecule has 0 spiro atoms. The van der Waals surface area contributed by atoms with Crippen molar-refractivity contribution in [3.05, 3.63) is 36.0 Å². The van der Waals surface area contributed by atoms with Gasteiger partial charge in [-0.1, -0.05) is 32.0 Å². The Kier molecular flexibility index (Phi) is 7.39. The van der Waals surface area contributed by atoms with Gasteiger partial charge in [-0.3, -0.25) is 19.6 Å². The Bertz CT molecular complexity index is 876. The Morgan fingerprint density at radius 1 is 1.21 bits per heavy atom. The van der Waals surface area contributed by atoms with Crippen molar-refractivity contribution in [2.75, 3.05) is 7.05 Å². The molecule has 2 unspecified atom stereocenters. The average Bonchev–Trinajstić information content (AvgIpc) is 3.08. The van der Waals surface area contributed by atoms with Crippen molar-refractivity contribution in [3.63, 3.8) is 0 Å². The minimum absolute atomic E-state index is 0.155. The number of para-hydroxylation sites is 1. The van der Waals surface area contributed by atoms with Gasteiger partial charge in [0, 0.05) is 42.9 Å². The molecule has 0 radical (unpaired) electrons. The Morgan fingerprint density at radius 3 is 2.52 bits per heavy atom. The van der Waals surface area contributed by atoms with Crippen molar-refractivity contribution >= 4 is 28.6 Å². The number of rotatable bonds is 9. The van der Waals surface area contributed by atoms with Crippen LogP contribution in [0.3, 0.4) is 0 Å². The highest BCUT2D eigenvalue weighted by Gasteiger charge is 2.37. The quantitative estimate of drug-likeness (QED) is 0.325. The molecule has 0 fully saturated rings. The topological polar surface area (TPSA) is 123 Å². The molecule has 29 heavy (non-hydrogen) atoms. The SMILES string of the molecule is CNC(=O)C(C)(Cc1c[nH]c2ccccc12)NC(=O)C(CC(=O)NO)CC(C)C. The van der Waals surface area contributed by atoms with Crippen molar-refractivity contribution in [2.24, 2.45) is 11.8 Å². The summed E-state index contributed by atoms with van der Waals surface area (Å²) < 4.78 is 0. The zero-order valence-electron chi connectivity index (χ0n) is 17.3. The lowest BCUT2D eigenvalue weighted by Crippen LogP contribution is -2.59. The molecule has 1 aromatic heterocycles. The number of likely N-dealkylation sites (N-methyl/N-ethyl adjacent to an activating group) is 1. The summed E-state index contributed by atoms with van der Waals surface area (Å²) in [5, 5.41) is 15.3. The van der Waals surface area contributed by atoms with E-state index in [9.17, 15) is 14.4 Å². The number of fused-ring (bicyclic) bond motifs is 1. The molecule has 0 aliphatic rings. The number of hydrogen-bond donors (Lipinski definition) is 5. The van der Waals surface area contributed by atoms with Crippen LogP contribution in [0.2, 0.25) is 0 Å². The number of aromatic nitrogens is 1. The first-order valence-corrected chi connectivity index (χ1v) is 9.72. The van der Waals surface area contributed by atoms with Gasteiger partial charge in [0.15, 0.2) is 0 Å². The largest absolute Gasteiger partial charge is 0.361 e. The van der Waals surface area contributed by atoms with Crippen LogP contribution in [0.5, 0.6) is 0 Å². The van der Waals surface area contributed by atoms with E-state index in [0.717, 1.165) is 16.5 Å². The third-order valence-electron chi connectivity index (χ3n) is 5.03. The van der Waals surface area contributed by atoms with Gasteiger partial charge in [-0.05, 0) is 30.9 Å². The standard InChI is InChI=1S/C21H30N4O4/c1-13(2)9-14(10-18(26)25-29)19(27)24-21(3,20(28)22-4)11-15-12-23-17-8-6-5-7-16(15)17/h5-8,12-14,23,29H,9-11H2,1-4H3,(H,22,28)(H,24,27)(H,25,26). The summed E-state index contributed by atoms with van der Waals surface area (Å²) in [5.74, 6) is -1.85. The predicted molar refractivity (Wildman–Crippen MR) is 110 cm³/mol. The Labute approximate surface area is 170 Å². The van der Waals surface area contributed by atoms with Crippen LogP contribution in [0, 0.1) is 11.8 Å². The molecule has 2 rings (SSSR count). The van der Waals surface area contributed by atoms with Crippen LogP contribution in [0.4, 0.5) is 0 Å². The molecule has 8 heteroatoms. The summed E-state index contributed by atoms with van der Waals surface area (Å²) in [6.45, 7) is 5.56. The van der Waals surface area contributed by atoms with E-state index in [0.29, 0.717) is 6.42 Å². The second-order valence-corrected chi connectivity index (χ2v) is 8.00. The molecule has 0 bridgehead atoms. The molecule has 8 nitrogen and oxygen atoms in total. The van der Waals surface area contributed by atoms with Gasteiger partial charge in [0.25, 0.3) is 0 Å².